The molecule has 0 N–H and O–H groups in total. The van der Waals surface area contributed by atoms with Crippen LogP contribution in [0, 0.1) is 10.1 Å². The molecule has 0 bridgehead atoms. The van der Waals surface area contributed by atoms with Crippen molar-refractivity contribution < 1.29 is 14.4 Å². The van der Waals surface area contributed by atoms with Gasteiger partial charge in [-0.15, -0.1) is 0 Å². The first-order chi connectivity index (χ1) is 7.02. The van der Waals surface area contributed by atoms with E-state index in [2.05, 4.69) is 31.9 Å². The summed E-state index contributed by atoms with van der Waals surface area (Å²) in [6.45, 7) is 0. The van der Waals surface area contributed by atoms with E-state index in [9.17, 15) is 10.1 Å². The second-order valence-electron chi connectivity index (χ2n) is 2.52. The van der Waals surface area contributed by atoms with Crippen LogP contribution in [-0.4, -0.2) is 19.1 Å². The van der Waals surface area contributed by atoms with Crippen molar-refractivity contribution in [2.24, 2.45) is 0 Å². The van der Waals surface area contributed by atoms with Crippen molar-refractivity contribution in [3.63, 3.8) is 0 Å². The molecule has 0 unspecified atom stereocenters. The maximum absolute atomic E-state index is 10.7. The normalized spacial score (nSPS) is 9.87. The van der Waals surface area contributed by atoms with Crippen LogP contribution in [-0.2, 0) is 0 Å². The van der Waals surface area contributed by atoms with E-state index < -0.39 is 4.92 Å². The number of hydrogen-bond donors (Lipinski definition) is 0. The summed E-state index contributed by atoms with van der Waals surface area (Å²) in [4.78, 5) is 10.2. The standard InChI is InChI=1S/C8H7Br2NO4/c1-14-7-4(9)3-5(11(12)13)8(15-2)6(7)10/h3H,1-2H3. The van der Waals surface area contributed by atoms with Gasteiger partial charge in [-0.25, -0.2) is 0 Å². The Bertz CT molecular complexity index is 408. The van der Waals surface area contributed by atoms with Gasteiger partial charge in [0.25, 0.3) is 0 Å². The number of nitrogens with zero attached hydrogens (tertiary/aromatic N) is 1. The van der Waals surface area contributed by atoms with E-state index in [4.69, 9.17) is 9.47 Å². The van der Waals surface area contributed by atoms with Crippen molar-refractivity contribution in [3.05, 3.63) is 25.1 Å². The summed E-state index contributed by atoms with van der Waals surface area (Å²) in [6.07, 6.45) is 0. The molecule has 0 aliphatic rings. The average molecular weight is 341 g/mol. The van der Waals surface area contributed by atoms with Crippen LogP contribution < -0.4 is 9.47 Å². The van der Waals surface area contributed by atoms with E-state index in [1.165, 1.54) is 20.3 Å². The van der Waals surface area contributed by atoms with Gasteiger partial charge in [-0.05, 0) is 31.9 Å². The van der Waals surface area contributed by atoms with E-state index in [0.29, 0.717) is 14.7 Å². The lowest BCUT2D eigenvalue weighted by Crippen LogP contribution is -1.97. The molecule has 1 rings (SSSR count). The Hall–Kier alpha value is -0.820. The quantitative estimate of drug-likeness (QED) is 0.626. The first-order valence-electron chi connectivity index (χ1n) is 3.77. The molecule has 0 aliphatic carbocycles. The lowest BCUT2D eigenvalue weighted by atomic mass is 10.3. The van der Waals surface area contributed by atoms with E-state index >= 15 is 0 Å². The molecule has 0 amide bonds. The van der Waals surface area contributed by atoms with Crippen LogP contribution in [0.3, 0.4) is 0 Å². The van der Waals surface area contributed by atoms with Gasteiger partial charge in [0.15, 0.2) is 5.75 Å². The zero-order chi connectivity index (χ0) is 11.6. The molecule has 0 saturated carbocycles. The molecule has 0 spiro atoms. The average Bonchev–Trinajstić information content (AvgIpc) is 2.17. The molecule has 0 heterocycles. The van der Waals surface area contributed by atoms with Crippen LogP contribution in [0.15, 0.2) is 15.0 Å². The van der Waals surface area contributed by atoms with E-state index in [-0.39, 0.29) is 11.4 Å². The maximum atomic E-state index is 10.7. The first kappa shape index (κ1) is 12.3. The summed E-state index contributed by atoms with van der Waals surface area (Å²) in [5.74, 6) is 0.595. The molecule has 15 heavy (non-hydrogen) atoms. The predicted molar refractivity (Wildman–Crippen MR) is 61.6 cm³/mol. The third kappa shape index (κ3) is 2.23. The summed E-state index contributed by atoms with van der Waals surface area (Å²) in [5, 5.41) is 10.7. The van der Waals surface area contributed by atoms with Crippen molar-refractivity contribution >= 4 is 37.5 Å². The Kier molecular flexibility index (Phi) is 3.92. The van der Waals surface area contributed by atoms with Gasteiger partial charge in [-0.2, -0.15) is 0 Å². The minimum absolute atomic E-state index is 0.128. The van der Waals surface area contributed by atoms with Crippen LogP contribution in [0.5, 0.6) is 11.5 Å². The van der Waals surface area contributed by atoms with Crippen LogP contribution in [0.1, 0.15) is 0 Å². The fourth-order valence-corrected chi connectivity index (χ4v) is 2.67. The van der Waals surface area contributed by atoms with Gasteiger partial charge in [-0.3, -0.25) is 10.1 Å². The van der Waals surface area contributed by atoms with Gasteiger partial charge in [0.1, 0.15) is 4.47 Å². The SMILES string of the molecule is COc1c(Br)cc([N+](=O)[O-])c(OC)c1Br. The second kappa shape index (κ2) is 4.80. The molecule has 0 saturated heterocycles. The highest BCUT2D eigenvalue weighted by molar-refractivity contribution is 9.11. The lowest BCUT2D eigenvalue weighted by molar-refractivity contribution is -0.385. The van der Waals surface area contributed by atoms with Gasteiger partial charge in [0, 0.05) is 6.07 Å². The Morgan fingerprint density at radius 1 is 1.27 bits per heavy atom. The van der Waals surface area contributed by atoms with Crippen molar-refractivity contribution in [2.75, 3.05) is 14.2 Å². The summed E-state index contributed by atoms with van der Waals surface area (Å²) in [7, 11) is 2.83. The molecule has 82 valence electrons. The van der Waals surface area contributed by atoms with E-state index in [0.717, 1.165) is 0 Å². The summed E-state index contributed by atoms with van der Waals surface area (Å²) in [5.41, 5.74) is -0.128. The second-order valence-corrected chi connectivity index (χ2v) is 4.16. The van der Waals surface area contributed by atoms with Gasteiger partial charge in [-0.1, -0.05) is 0 Å². The number of benzene rings is 1. The molecule has 5 nitrogen and oxygen atoms in total. The van der Waals surface area contributed by atoms with Gasteiger partial charge in [0.05, 0.1) is 23.6 Å². The smallest absolute Gasteiger partial charge is 0.313 e. The summed E-state index contributed by atoms with van der Waals surface area (Å²) >= 11 is 6.36. The minimum Gasteiger partial charge on any atom is -0.494 e. The predicted octanol–water partition coefficient (Wildman–Crippen LogP) is 3.14. The van der Waals surface area contributed by atoms with Crippen molar-refractivity contribution in [2.45, 2.75) is 0 Å². The molecule has 1 aromatic rings. The van der Waals surface area contributed by atoms with Crippen molar-refractivity contribution in [1.82, 2.24) is 0 Å². The third-order valence-corrected chi connectivity index (χ3v) is 3.03. The van der Waals surface area contributed by atoms with E-state index in [1.807, 2.05) is 0 Å². The van der Waals surface area contributed by atoms with E-state index in [1.54, 1.807) is 0 Å². The van der Waals surface area contributed by atoms with Gasteiger partial charge in [0.2, 0.25) is 5.75 Å². The Labute approximate surface area is 103 Å². The number of methoxy groups -OCH3 is 2. The van der Waals surface area contributed by atoms with Gasteiger partial charge < -0.3 is 9.47 Å². The van der Waals surface area contributed by atoms with Crippen LogP contribution >= 0.6 is 31.9 Å². The molecule has 7 heteroatoms. The highest BCUT2D eigenvalue weighted by Crippen LogP contribution is 2.45. The molecule has 0 aliphatic heterocycles. The fourth-order valence-electron chi connectivity index (χ4n) is 1.09. The molecule has 0 atom stereocenters. The maximum Gasteiger partial charge on any atom is 0.313 e. The first-order valence-corrected chi connectivity index (χ1v) is 5.35. The van der Waals surface area contributed by atoms with Crippen molar-refractivity contribution in [1.29, 1.82) is 0 Å². The van der Waals surface area contributed by atoms with Crippen molar-refractivity contribution in [3.8, 4) is 11.5 Å². The number of nitro benzene ring substituents is 1. The summed E-state index contributed by atoms with van der Waals surface area (Å²) < 4.78 is 10.9. The number of nitro groups is 1. The topological polar surface area (TPSA) is 61.6 Å². The molecular weight excluding hydrogens is 334 g/mol. The van der Waals surface area contributed by atoms with Crippen LogP contribution in [0.25, 0.3) is 0 Å². The Balaban J connectivity index is 3.51. The van der Waals surface area contributed by atoms with Gasteiger partial charge >= 0.3 is 5.69 Å². The minimum atomic E-state index is -0.520. The molecule has 0 fully saturated rings. The van der Waals surface area contributed by atoms with Crippen LogP contribution in [0.4, 0.5) is 5.69 Å². The number of halogens is 2. The third-order valence-electron chi connectivity index (χ3n) is 1.72. The largest absolute Gasteiger partial charge is 0.494 e. The highest BCUT2D eigenvalue weighted by Gasteiger charge is 2.23. The molecular formula is C8H7Br2NO4. The highest BCUT2D eigenvalue weighted by atomic mass is 79.9. The Morgan fingerprint density at radius 2 is 1.80 bits per heavy atom. The molecule has 1 aromatic carbocycles. The zero-order valence-electron chi connectivity index (χ0n) is 7.91. The zero-order valence-corrected chi connectivity index (χ0v) is 11.1. The fraction of sp³-hybridized carbons (Fsp3) is 0.250. The lowest BCUT2D eigenvalue weighted by Gasteiger charge is -2.10. The number of ether oxygens (including phenoxy) is 2. The monoisotopic (exact) mass is 339 g/mol. The summed E-state index contributed by atoms with van der Waals surface area (Å²) in [6, 6.07) is 1.34. The molecule has 0 radical (unpaired) electrons. The number of rotatable bonds is 3. The molecule has 0 aromatic heterocycles. The van der Waals surface area contributed by atoms with Crippen LogP contribution in [0.2, 0.25) is 0 Å². The Morgan fingerprint density at radius 3 is 2.20 bits per heavy atom. The number of hydrogen-bond acceptors (Lipinski definition) is 4.